The van der Waals surface area contributed by atoms with Crippen molar-refractivity contribution in [3.63, 3.8) is 0 Å². The van der Waals surface area contributed by atoms with Gasteiger partial charge in [-0.25, -0.2) is 4.98 Å². The summed E-state index contributed by atoms with van der Waals surface area (Å²) in [6.45, 7) is 4.43. The molecule has 0 aliphatic rings. The van der Waals surface area contributed by atoms with Crippen LogP contribution in [-0.2, 0) is 0 Å². The molecule has 2 N–H and O–H groups in total. The van der Waals surface area contributed by atoms with Crippen molar-refractivity contribution in [1.29, 1.82) is 0 Å². The first-order valence-corrected chi connectivity index (χ1v) is 7.76. The van der Waals surface area contributed by atoms with Gasteiger partial charge in [0, 0.05) is 6.20 Å². The van der Waals surface area contributed by atoms with Crippen molar-refractivity contribution in [3.05, 3.63) is 48.2 Å². The first-order valence-electron chi connectivity index (χ1n) is 7.35. The summed E-state index contributed by atoms with van der Waals surface area (Å²) in [5, 5.41) is 6.79. The van der Waals surface area contributed by atoms with Crippen molar-refractivity contribution in [2.45, 2.75) is 19.9 Å². The third-order valence-corrected chi connectivity index (χ3v) is 3.40. The third kappa shape index (κ3) is 5.10. The number of benzene rings is 1. The first-order chi connectivity index (χ1) is 11.1. The van der Waals surface area contributed by atoms with Gasteiger partial charge < -0.3 is 20.1 Å². The SMILES string of the molecule is COc1ccccc1OC[C@H](C)NC(=S)Nc1ncccc1C. The topological polar surface area (TPSA) is 55.4 Å². The summed E-state index contributed by atoms with van der Waals surface area (Å²) in [6.07, 6.45) is 1.73. The molecular weight excluding hydrogens is 310 g/mol. The Labute approximate surface area is 142 Å². The van der Waals surface area contributed by atoms with Gasteiger partial charge in [-0.05, 0) is 49.8 Å². The molecule has 0 aliphatic heterocycles. The lowest BCUT2D eigenvalue weighted by atomic mass is 10.3. The van der Waals surface area contributed by atoms with E-state index in [4.69, 9.17) is 21.7 Å². The van der Waals surface area contributed by atoms with Crippen LogP contribution in [0.15, 0.2) is 42.6 Å². The second kappa shape index (κ2) is 8.33. The number of aryl methyl sites for hydroxylation is 1. The number of para-hydroxylation sites is 2. The lowest BCUT2D eigenvalue weighted by Gasteiger charge is -2.18. The molecule has 0 bridgehead atoms. The van der Waals surface area contributed by atoms with Gasteiger partial charge in [-0.3, -0.25) is 0 Å². The molecule has 0 aliphatic carbocycles. The molecule has 0 fully saturated rings. The van der Waals surface area contributed by atoms with Crippen LogP contribution in [0, 0.1) is 6.92 Å². The highest BCUT2D eigenvalue weighted by Gasteiger charge is 2.09. The number of ether oxygens (including phenoxy) is 2. The number of anilines is 1. The van der Waals surface area contributed by atoms with Crippen LogP contribution < -0.4 is 20.1 Å². The van der Waals surface area contributed by atoms with E-state index < -0.39 is 0 Å². The summed E-state index contributed by atoms with van der Waals surface area (Å²) in [6, 6.07) is 11.5. The number of hydrogen-bond donors (Lipinski definition) is 2. The van der Waals surface area contributed by atoms with Crippen molar-refractivity contribution < 1.29 is 9.47 Å². The van der Waals surface area contributed by atoms with Crippen LogP contribution in [0.4, 0.5) is 5.82 Å². The molecule has 122 valence electrons. The Balaban J connectivity index is 1.83. The van der Waals surface area contributed by atoms with Gasteiger partial charge in [-0.1, -0.05) is 18.2 Å². The molecule has 2 aromatic rings. The van der Waals surface area contributed by atoms with Crippen LogP contribution in [0.2, 0.25) is 0 Å². The Hall–Kier alpha value is -2.34. The van der Waals surface area contributed by atoms with Crippen LogP contribution in [0.1, 0.15) is 12.5 Å². The van der Waals surface area contributed by atoms with E-state index >= 15 is 0 Å². The van der Waals surface area contributed by atoms with E-state index in [-0.39, 0.29) is 6.04 Å². The van der Waals surface area contributed by atoms with Crippen molar-refractivity contribution in [2.75, 3.05) is 19.0 Å². The van der Waals surface area contributed by atoms with E-state index in [0.717, 1.165) is 11.4 Å². The average molecular weight is 331 g/mol. The Kier molecular flexibility index (Phi) is 6.17. The van der Waals surface area contributed by atoms with Gasteiger partial charge in [0.15, 0.2) is 16.6 Å². The number of aromatic nitrogens is 1. The number of rotatable bonds is 6. The summed E-state index contributed by atoms with van der Waals surface area (Å²) < 4.78 is 11.0. The molecule has 0 saturated heterocycles. The molecule has 23 heavy (non-hydrogen) atoms. The highest BCUT2D eigenvalue weighted by atomic mass is 32.1. The quantitative estimate of drug-likeness (QED) is 0.793. The van der Waals surface area contributed by atoms with Crippen molar-refractivity contribution in [2.24, 2.45) is 0 Å². The second-order valence-corrected chi connectivity index (χ2v) is 5.54. The zero-order valence-corrected chi connectivity index (χ0v) is 14.3. The van der Waals surface area contributed by atoms with Gasteiger partial charge in [0.25, 0.3) is 0 Å². The largest absolute Gasteiger partial charge is 0.493 e. The first kappa shape index (κ1) is 17.0. The highest BCUT2D eigenvalue weighted by Crippen LogP contribution is 2.25. The smallest absolute Gasteiger partial charge is 0.172 e. The minimum atomic E-state index is 0.0314. The highest BCUT2D eigenvalue weighted by molar-refractivity contribution is 7.80. The molecule has 0 saturated carbocycles. The number of hydrogen-bond acceptors (Lipinski definition) is 4. The van der Waals surface area contributed by atoms with E-state index in [0.29, 0.717) is 23.2 Å². The minimum absolute atomic E-state index is 0.0314. The molecule has 0 radical (unpaired) electrons. The number of thiocarbonyl (C=S) groups is 1. The summed E-state index contributed by atoms with van der Waals surface area (Å²) in [4.78, 5) is 4.26. The molecule has 5 nitrogen and oxygen atoms in total. The normalized spacial score (nSPS) is 11.4. The predicted octanol–water partition coefficient (Wildman–Crippen LogP) is 3.15. The Morgan fingerprint density at radius 2 is 1.96 bits per heavy atom. The summed E-state index contributed by atoms with van der Waals surface area (Å²) >= 11 is 5.31. The van der Waals surface area contributed by atoms with Crippen LogP contribution in [0.3, 0.4) is 0 Å². The predicted molar refractivity (Wildman–Crippen MR) is 96.3 cm³/mol. The van der Waals surface area contributed by atoms with E-state index in [1.807, 2.05) is 50.2 Å². The van der Waals surface area contributed by atoms with Crippen LogP contribution >= 0.6 is 12.2 Å². The van der Waals surface area contributed by atoms with Crippen LogP contribution in [-0.4, -0.2) is 29.9 Å². The molecule has 2 rings (SSSR count). The minimum Gasteiger partial charge on any atom is -0.493 e. The second-order valence-electron chi connectivity index (χ2n) is 5.13. The molecule has 0 unspecified atom stereocenters. The van der Waals surface area contributed by atoms with Gasteiger partial charge >= 0.3 is 0 Å². The molecule has 1 atom stereocenters. The van der Waals surface area contributed by atoms with Gasteiger partial charge in [0.05, 0.1) is 13.2 Å². The average Bonchev–Trinajstić information content (AvgIpc) is 2.55. The van der Waals surface area contributed by atoms with Crippen LogP contribution in [0.25, 0.3) is 0 Å². The molecular formula is C17H21N3O2S. The van der Waals surface area contributed by atoms with E-state index in [9.17, 15) is 0 Å². The zero-order chi connectivity index (χ0) is 16.7. The number of pyridine rings is 1. The zero-order valence-electron chi connectivity index (χ0n) is 13.5. The third-order valence-electron chi connectivity index (χ3n) is 3.18. The van der Waals surface area contributed by atoms with E-state index in [2.05, 4.69) is 15.6 Å². The number of nitrogens with one attached hydrogen (secondary N) is 2. The number of nitrogens with zero attached hydrogens (tertiary/aromatic N) is 1. The fourth-order valence-corrected chi connectivity index (χ4v) is 2.28. The Morgan fingerprint density at radius 3 is 2.65 bits per heavy atom. The lowest BCUT2D eigenvalue weighted by Crippen LogP contribution is -2.39. The van der Waals surface area contributed by atoms with E-state index in [1.54, 1.807) is 13.3 Å². The lowest BCUT2D eigenvalue weighted by molar-refractivity contribution is 0.270. The van der Waals surface area contributed by atoms with Gasteiger partial charge in [-0.2, -0.15) is 0 Å². The van der Waals surface area contributed by atoms with Crippen molar-refractivity contribution in [3.8, 4) is 11.5 Å². The summed E-state index contributed by atoms with van der Waals surface area (Å²) in [7, 11) is 1.62. The Bertz CT molecular complexity index is 664. The van der Waals surface area contributed by atoms with E-state index in [1.165, 1.54) is 0 Å². The van der Waals surface area contributed by atoms with Gasteiger partial charge in [-0.15, -0.1) is 0 Å². The summed E-state index contributed by atoms with van der Waals surface area (Å²) in [5.74, 6) is 2.18. The van der Waals surface area contributed by atoms with Gasteiger partial charge in [0.2, 0.25) is 0 Å². The van der Waals surface area contributed by atoms with Crippen LogP contribution in [0.5, 0.6) is 11.5 Å². The fraction of sp³-hybridized carbons (Fsp3) is 0.294. The molecule has 6 heteroatoms. The molecule has 1 aromatic heterocycles. The number of methoxy groups -OCH3 is 1. The maximum absolute atomic E-state index is 5.77. The van der Waals surface area contributed by atoms with Gasteiger partial charge in [0.1, 0.15) is 12.4 Å². The molecule has 1 aromatic carbocycles. The fourth-order valence-electron chi connectivity index (χ4n) is 1.98. The Morgan fingerprint density at radius 1 is 1.22 bits per heavy atom. The molecule has 0 spiro atoms. The van der Waals surface area contributed by atoms with Crippen molar-refractivity contribution in [1.82, 2.24) is 10.3 Å². The maximum atomic E-state index is 5.77. The molecule has 0 amide bonds. The summed E-state index contributed by atoms with van der Waals surface area (Å²) in [5.41, 5.74) is 1.04. The van der Waals surface area contributed by atoms with Crippen molar-refractivity contribution >= 4 is 23.1 Å². The maximum Gasteiger partial charge on any atom is 0.172 e. The monoisotopic (exact) mass is 331 g/mol. The molecule has 1 heterocycles. The standard InChI is InChI=1S/C17H21N3O2S/c1-12-7-6-10-18-16(12)20-17(23)19-13(2)11-22-15-9-5-4-8-14(15)21-3/h4-10,13H,11H2,1-3H3,(H2,18,19,20,23)/t13-/m0/s1.